The van der Waals surface area contributed by atoms with Crippen molar-refractivity contribution in [1.29, 1.82) is 0 Å². The Hall–Kier alpha value is -3.17. The van der Waals surface area contributed by atoms with Crippen LogP contribution in [0.3, 0.4) is 0 Å². The van der Waals surface area contributed by atoms with Crippen LogP contribution in [0.1, 0.15) is 28.5 Å². The number of aliphatic hydroxyl groups is 1. The van der Waals surface area contributed by atoms with E-state index >= 15 is 0 Å². The van der Waals surface area contributed by atoms with E-state index in [1.807, 2.05) is 0 Å². The van der Waals surface area contributed by atoms with Gasteiger partial charge in [0.1, 0.15) is 5.82 Å². The summed E-state index contributed by atoms with van der Waals surface area (Å²) in [6.07, 6.45) is 1.69. The SMILES string of the molecule is CCOC(=O)c1ccccc1NC(=O)CSc1nc(CO)cn1Cc1ccc(F)cc1. The fraction of sp³-hybridized carbons (Fsp3) is 0.227. The van der Waals surface area contributed by atoms with E-state index in [4.69, 9.17) is 4.74 Å². The van der Waals surface area contributed by atoms with Gasteiger partial charge in [0, 0.05) is 12.7 Å². The molecule has 0 saturated carbocycles. The van der Waals surface area contributed by atoms with E-state index in [1.54, 1.807) is 54.1 Å². The molecule has 1 heterocycles. The summed E-state index contributed by atoms with van der Waals surface area (Å²) in [6, 6.07) is 12.7. The maximum atomic E-state index is 13.1. The molecule has 0 fully saturated rings. The van der Waals surface area contributed by atoms with Gasteiger partial charge in [-0.3, -0.25) is 4.79 Å². The van der Waals surface area contributed by atoms with Crippen LogP contribution in [0.4, 0.5) is 10.1 Å². The normalized spacial score (nSPS) is 10.7. The Morgan fingerprint density at radius 2 is 1.94 bits per heavy atom. The molecule has 1 amide bonds. The number of benzene rings is 2. The predicted octanol–water partition coefficient (Wildman–Crippen LogP) is 3.47. The van der Waals surface area contributed by atoms with Gasteiger partial charge in [-0.2, -0.15) is 0 Å². The highest BCUT2D eigenvalue weighted by Crippen LogP contribution is 2.21. The van der Waals surface area contributed by atoms with E-state index in [0.717, 1.165) is 5.56 Å². The maximum absolute atomic E-state index is 13.1. The number of nitrogens with one attached hydrogen (secondary N) is 1. The zero-order chi connectivity index (χ0) is 22.2. The summed E-state index contributed by atoms with van der Waals surface area (Å²) >= 11 is 1.20. The summed E-state index contributed by atoms with van der Waals surface area (Å²) in [5.41, 5.74) is 1.98. The number of hydrogen-bond acceptors (Lipinski definition) is 6. The predicted molar refractivity (Wildman–Crippen MR) is 115 cm³/mol. The number of thioether (sulfide) groups is 1. The topological polar surface area (TPSA) is 93.4 Å². The Morgan fingerprint density at radius 3 is 2.65 bits per heavy atom. The van der Waals surface area contributed by atoms with Crippen molar-refractivity contribution >= 4 is 29.3 Å². The van der Waals surface area contributed by atoms with Gasteiger partial charge < -0.3 is 19.7 Å². The smallest absolute Gasteiger partial charge is 0.340 e. The van der Waals surface area contributed by atoms with Gasteiger partial charge in [0.25, 0.3) is 0 Å². The van der Waals surface area contributed by atoms with Crippen LogP contribution in [-0.4, -0.2) is 38.9 Å². The molecule has 0 bridgehead atoms. The number of amides is 1. The molecule has 0 saturated heterocycles. The molecule has 0 radical (unpaired) electrons. The lowest BCUT2D eigenvalue weighted by atomic mass is 10.2. The second-order valence-electron chi connectivity index (χ2n) is 6.53. The Morgan fingerprint density at radius 1 is 1.19 bits per heavy atom. The number of anilines is 1. The fourth-order valence-electron chi connectivity index (χ4n) is 2.84. The van der Waals surface area contributed by atoms with Gasteiger partial charge in [0.05, 0.1) is 35.9 Å². The highest BCUT2D eigenvalue weighted by Gasteiger charge is 2.16. The quantitative estimate of drug-likeness (QED) is 0.389. The molecule has 0 aliphatic carbocycles. The first-order chi connectivity index (χ1) is 15.0. The van der Waals surface area contributed by atoms with Crippen molar-refractivity contribution in [1.82, 2.24) is 9.55 Å². The lowest BCUT2D eigenvalue weighted by Crippen LogP contribution is -2.17. The van der Waals surface area contributed by atoms with Gasteiger partial charge in [-0.25, -0.2) is 14.2 Å². The molecule has 0 aliphatic rings. The van der Waals surface area contributed by atoms with Gasteiger partial charge >= 0.3 is 5.97 Å². The third kappa shape index (κ3) is 6.16. The number of aromatic nitrogens is 2. The van der Waals surface area contributed by atoms with Gasteiger partial charge in [0.2, 0.25) is 5.91 Å². The lowest BCUT2D eigenvalue weighted by molar-refractivity contribution is -0.113. The van der Waals surface area contributed by atoms with Gasteiger partial charge in [0.15, 0.2) is 5.16 Å². The van der Waals surface area contributed by atoms with Crippen LogP contribution in [-0.2, 0) is 22.7 Å². The number of carbonyl (C=O) groups is 2. The molecular weight excluding hydrogens is 421 g/mol. The van der Waals surface area contributed by atoms with Crippen molar-refractivity contribution < 1.29 is 23.8 Å². The number of esters is 1. The van der Waals surface area contributed by atoms with E-state index in [9.17, 15) is 19.1 Å². The Balaban J connectivity index is 1.67. The molecule has 0 aliphatic heterocycles. The number of aliphatic hydroxyl groups excluding tert-OH is 1. The maximum Gasteiger partial charge on any atom is 0.340 e. The second kappa shape index (κ2) is 10.7. The molecular formula is C22H22FN3O4S. The zero-order valence-electron chi connectivity index (χ0n) is 16.9. The van der Waals surface area contributed by atoms with Crippen molar-refractivity contribution in [2.45, 2.75) is 25.2 Å². The first kappa shape index (κ1) is 22.5. The largest absolute Gasteiger partial charge is 0.462 e. The van der Waals surface area contributed by atoms with Crippen molar-refractivity contribution in [3.63, 3.8) is 0 Å². The van der Waals surface area contributed by atoms with Crippen LogP contribution in [0, 0.1) is 5.82 Å². The minimum atomic E-state index is -0.506. The van der Waals surface area contributed by atoms with Crippen molar-refractivity contribution in [2.24, 2.45) is 0 Å². The molecule has 162 valence electrons. The first-order valence-corrected chi connectivity index (χ1v) is 10.6. The lowest BCUT2D eigenvalue weighted by Gasteiger charge is -2.11. The molecule has 3 aromatic rings. The number of ether oxygens (including phenoxy) is 1. The van der Waals surface area contributed by atoms with Crippen molar-refractivity contribution in [2.75, 3.05) is 17.7 Å². The number of halogens is 1. The average molecular weight is 444 g/mol. The van der Waals surface area contributed by atoms with E-state index < -0.39 is 5.97 Å². The molecule has 0 unspecified atom stereocenters. The van der Waals surface area contributed by atoms with Crippen molar-refractivity contribution in [3.8, 4) is 0 Å². The third-order valence-corrected chi connectivity index (χ3v) is 5.24. The molecule has 2 aromatic carbocycles. The minimum absolute atomic E-state index is 0.0441. The molecule has 3 rings (SSSR count). The minimum Gasteiger partial charge on any atom is -0.462 e. The van der Waals surface area contributed by atoms with Gasteiger partial charge in [-0.05, 0) is 36.8 Å². The molecule has 7 nitrogen and oxygen atoms in total. The van der Waals surface area contributed by atoms with Gasteiger partial charge in [-0.15, -0.1) is 0 Å². The number of carbonyl (C=O) groups excluding carboxylic acids is 2. The number of para-hydroxylation sites is 1. The first-order valence-electron chi connectivity index (χ1n) is 9.60. The molecule has 9 heteroatoms. The Bertz CT molecular complexity index is 1050. The van der Waals surface area contributed by atoms with E-state index in [-0.39, 0.29) is 36.3 Å². The molecule has 2 N–H and O–H groups in total. The highest BCUT2D eigenvalue weighted by molar-refractivity contribution is 7.99. The Kier molecular flexibility index (Phi) is 7.80. The number of imidazole rings is 1. The summed E-state index contributed by atoms with van der Waals surface area (Å²) < 4.78 is 20.0. The molecule has 1 aromatic heterocycles. The van der Waals surface area contributed by atoms with Crippen LogP contribution in [0.5, 0.6) is 0 Å². The Labute approximate surface area is 183 Å². The van der Waals surface area contributed by atoms with Gasteiger partial charge in [-0.1, -0.05) is 36.0 Å². The number of hydrogen-bond donors (Lipinski definition) is 2. The summed E-state index contributed by atoms with van der Waals surface area (Å²) in [5.74, 6) is -1.10. The third-order valence-electron chi connectivity index (χ3n) is 4.25. The molecule has 31 heavy (non-hydrogen) atoms. The molecule has 0 atom stereocenters. The van der Waals surface area contributed by atoms with Crippen LogP contribution in [0.15, 0.2) is 59.9 Å². The highest BCUT2D eigenvalue weighted by atomic mass is 32.2. The number of nitrogens with zero attached hydrogens (tertiary/aromatic N) is 2. The summed E-state index contributed by atoms with van der Waals surface area (Å²) in [7, 11) is 0. The van der Waals surface area contributed by atoms with Crippen LogP contribution in [0.25, 0.3) is 0 Å². The van der Waals surface area contributed by atoms with Crippen LogP contribution < -0.4 is 5.32 Å². The van der Waals surface area contributed by atoms with Crippen LogP contribution >= 0.6 is 11.8 Å². The monoisotopic (exact) mass is 443 g/mol. The van der Waals surface area contributed by atoms with E-state index in [2.05, 4.69) is 10.3 Å². The van der Waals surface area contributed by atoms with E-state index in [0.29, 0.717) is 23.1 Å². The van der Waals surface area contributed by atoms with Crippen molar-refractivity contribution in [3.05, 3.63) is 77.4 Å². The van der Waals surface area contributed by atoms with Crippen LogP contribution in [0.2, 0.25) is 0 Å². The summed E-state index contributed by atoms with van der Waals surface area (Å²) in [5, 5.41) is 12.7. The summed E-state index contributed by atoms with van der Waals surface area (Å²) in [6.45, 7) is 2.14. The van der Waals surface area contributed by atoms with E-state index in [1.165, 1.54) is 23.9 Å². The number of rotatable bonds is 9. The second-order valence-corrected chi connectivity index (χ2v) is 7.47. The average Bonchev–Trinajstić information content (AvgIpc) is 3.16. The summed E-state index contributed by atoms with van der Waals surface area (Å²) in [4.78, 5) is 28.9. The zero-order valence-corrected chi connectivity index (χ0v) is 17.7. The molecule has 0 spiro atoms. The fourth-order valence-corrected chi connectivity index (χ4v) is 3.63. The standard InChI is InChI=1S/C22H22FN3O4S/c1-2-30-21(29)18-5-3-4-6-19(18)25-20(28)14-31-22-24-17(13-27)12-26(22)11-15-7-9-16(23)10-8-15/h3-10,12,27H,2,11,13-14H2,1H3,(H,25,28).